The van der Waals surface area contributed by atoms with Crippen LogP contribution >= 0.6 is 0 Å². The summed E-state index contributed by atoms with van der Waals surface area (Å²) in [5.41, 5.74) is 2.94. The summed E-state index contributed by atoms with van der Waals surface area (Å²) in [5.74, 6) is 0.249. The molecule has 0 spiro atoms. The van der Waals surface area contributed by atoms with Crippen molar-refractivity contribution in [2.75, 3.05) is 0 Å². The van der Waals surface area contributed by atoms with E-state index >= 15 is 0 Å². The minimum atomic E-state index is -0.0417. The van der Waals surface area contributed by atoms with Gasteiger partial charge in [0, 0.05) is 11.5 Å². The first-order chi connectivity index (χ1) is 7.58. The molecule has 1 aliphatic rings. The van der Waals surface area contributed by atoms with Gasteiger partial charge in [0.2, 0.25) is 0 Å². The Balaban J connectivity index is 2.08. The fourth-order valence-corrected chi connectivity index (χ4v) is 1.72. The lowest BCUT2D eigenvalue weighted by atomic mass is 10.00. The molecule has 1 aromatic rings. The van der Waals surface area contributed by atoms with Gasteiger partial charge in [0.05, 0.1) is 6.42 Å². The predicted molar refractivity (Wildman–Crippen MR) is 62.6 cm³/mol. The second-order valence-corrected chi connectivity index (χ2v) is 4.64. The number of carbonyl (C=O) groups is 2. The van der Waals surface area contributed by atoms with Gasteiger partial charge in [-0.15, -0.1) is 0 Å². The highest BCUT2D eigenvalue weighted by Gasteiger charge is 2.30. The molecule has 0 bridgehead atoms. The van der Waals surface area contributed by atoms with Gasteiger partial charge in [-0.3, -0.25) is 9.59 Å². The number of ketones is 2. The van der Waals surface area contributed by atoms with E-state index in [0.29, 0.717) is 5.56 Å². The molecule has 2 rings (SSSR count). The Kier molecular flexibility index (Phi) is 2.90. The molecule has 0 unspecified atom stereocenters. The quantitative estimate of drug-likeness (QED) is 0.573. The lowest BCUT2D eigenvalue weighted by Gasteiger charge is -2.04. The minimum absolute atomic E-state index is 0.0417. The Bertz CT molecular complexity index is 442. The minimum Gasteiger partial charge on any atom is -0.299 e. The van der Waals surface area contributed by atoms with Crippen LogP contribution < -0.4 is 0 Å². The number of rotatable bonds is 4. The molecular weight excluding hydrogens is 200 g/mol. The van der Waals surface area contributed by atoms with Crippen LogP contribution in [0.1, 0.15) is 40.7 Å². The summed E-state index contributed by atoms with van der Waals surface area (Å²) >= 11 is 0. The molecule has 2 heteroatoms. The molecule has 1 fully saturated rings. The lowest BCUT2D eigenvalue weighted by Crippen LogP contribution is -2.09. The number of Topliss-reactive ketones (excluding diaryl/α,β-unsaturated/α-hetero) is 2. The zero-order valence-corrected chi connectivity index (χ0v) is 9.75. The summed E-state index contributed by atoms with van der Waals surface area (Å²) in [6.45, 7) is 3.99. The van der Waals surface area contributed by atoms with Crippen molar-refractivity contribution >= 4 is 11.6 Å². The number of hydrogen-bond donors (Lipinski definition) is 0. The van der Waals surface area contributed by atoms with Crippen LogP contribution in [0.3, 0.4) is 0 Å². The molecule has 16 heavy (non-hydrogen) atoms. The van der Waals surface area contributed by atoms with E-state index in [1.54, 1.807) is 0 Å². The second kappa shape index (κ2) is 4.20. The summed E-state index contributed by atoms with van der Waals surface area (Å²) in [6, 6.07) is 5.62. The van der Waals surface area contributed by atoms with Crippen LogP contribution in [-0.2, 0) is 4.79 Å². The van der Waals surface area contributed by atoms with Gasteiger partial charge in [0.1, 0.15) is 5.78 Å². The monoisotopic (exact) mass is 216 g/mol. The van der Waals surface area contributed by atoms with E-state index in [-0.39, 0.29) is 23.9 Å². The third-order valence-electron chi connectivity index (χ3n) is 3.20. The van der Waals surface area contributed by atoms with Gasteiger partial charge in [-0.1, -0.05) is 12.1 Å². The van der Waals surface area contributed by atoms with Gasteiger partial charge in [-0.05, 0) is 43.9 Å². The topological polar surface area (TPSA) is 34.1 Å². The first-order valence-electron chi connectivity index (χ1n) is 5.71. The van der Waals surface area contributed by atoms with E-state index in [4.69, 9.17) is 0 Å². The van der Waals surface area contributed by atoms with Crippen molar-refractivity contribution in [3.05, 3.63) is 34.9 Å². The van der Waals surface area contributed by atoms with Crippen molar-refractivity contribution in [2.24, 2.45) is 5.92 Å². The van der Waals surface area contributed by atoms with Gasteiger partial charge < -0.3 is 0 Å². The number of aryl methyl sites for hydroxylation is 2. The highest BCUT2D eigenvalue weighted by atomic mass is 16.1. The Morgan fingerprint density at radius 1 is 1.19 bits per heavy atom. The molecule has 2 nitrogen and oxygen atoms in total. The molecule has 1 saturated carbocycles. The predicted octanol–water partition coefficient (Wildman–Crippen LogP) is 2.86. The smallest absolute Gasteiger partial charge is 0.170 e. The summed E-state index contributed by atoms with van der Waals surface area (Å²) < 4.78 is 0. The molecule has 1 aliphatic carbocycles. The van der Waals surface area contributed by atoms with Crippen molar-refractivity contribution in [1.82, 2.24) is 0 Å². The molecule has 0 aliphatic heterocycles. The normalized spacial score (nSPS) is 14.9. The van der Waals surface area contributed by atoms with E-state index in [1.807, 2.05) is 32.0 Å². The van der Waals surface area contributed by atoms with Crippen LogP contribution in [0.15, 0.2) is 18.2 Å². The lowest BCUT2D eigenvalue weighted by molar-refractivity contribution is -0.119. The van der Waals surface area contributed by atoms with Gasteiger partial charge >= 0.3 is 0 Å². The molecule has 0 heterocycles. The van der Waals surface area contributed by atoms with E-state index in [0.717, 1.165) is 18.4 Å². The Labute approximate surface area is 95.7 Å². The van der Waals surface area contributed by atoms with Crippen molar-refractivity contribution in [1.29, 1.82) is 0 Å². The SMILES string of the molecule is Cc1ccc(C(=O)CC(=O)C2CC2)cc1C. The molecule has 0 aromatic heterocycles. The molecular formula is C14H16O2. The maximum absolute atomic E-state index is 11.8. The largest absolute Gasteiger partial charge is 0.299 e. The van der Waals surface area contributed by atoms with Crippen LogP contribution in [0.25, 0.3) is 0 Å². The Morgan fingerprint density at radius 2 is 1.88 bits per heavy atom. The number of benzene rings is 1. The average Bonchev–Trinajstić information content (AvgIpc) is 3.05. The third kappa shape index (κ3) is 2.38. The van der Waals surface area contributed by atoms with Crippen LogP contribution in [0, 0.1) is 19.8 Å². The summed E-state index contributed by atoms with van der Waals surface area (Å²) in [5, 5.41) is 0. The summed E-state index contributed by atoms with van der Waals surface area (Å²) in [4.78, 5) is 23.4. The van der Waals surface area contributed by atoms with Gasteiger partial charge in [-0.2, -0.15) is 0 Å². The fourth-order valence-electron chi connectivity index (χ4n) is 1.72. The van der Waals surface area contributed by atoms with Crippen LogP contribution in [0.4, 0.5) is 0 Å². The van der Waals surface area contributed by atoms with Crippen molar-refractivity contribution in [3.63, 3.8) is 0 Å². The van der Waals surface area contributed by atoms with Crippen LogP contribution in [-0.4, -0.2) is 11.6 Å². The molecule has 0 atom stereocenters. The van der Waals surface area contributed by atoms with E-state index in [2.05, 4.69) is 0 Å². The van der Waals surface area contributed by atoms with Crippen molar-refractivity contribution in [2.45, 2.75) is 33.1 Å². The second-order valence-electron chi connectivity index (χ2n) is 4.64. The Morgan fingerprint density at radius 3 is 2.44 bits per heavy atom. The summed E-state index contributed by atoms with van der Waals surface area (Å²) in [6.07, 6.45) is 2.02. The molecule has 0 amide bonds. The fraction of sp³-hybridized carbons (Fsp3) is 0.429. The first-order valence-corrected chi connectivity index (χ1v) is 5.71. The highest BCUT2D eigenvalue weighted by molar-refractivity contribution is 6.09. The standard InChI is InChI=1S/C14H16O2/c1-9-3-4-12(7-10(9)2)14(16)8-13(15)11-5-6-11/h3-4,7,11H,5-6,8H2,1-2H3. The zero-order chi connectivity index (χ0) is 11.7. The number of hydrogen-bond acceptors (Lipinski definition) is 2. The van der Waals surface area contributed by atoms with E-state index in [1.165, 1.54) is 5.56 Å². The van der Waals surface area contributed by atoms with Crippen molar-refractivity contribution < 1.29 is 9.59 Å². The first kappa shape index (κ1) is 11.1. The average molecular weight is 216 g/mol. The van der Waals surface area contributed by atoms with Crippen molar-refractivity contribution in [3.8, 4) is 0 Å². The maximum Gasteiger partial charge on any atom is 0.170 e. The maximum atomic E-state index is 11.8. The van der Waals surface area contributed by atoms with Crippen LogP contribution in [0.2, 0.25) is 0 Å². The van der Waals surface area contributed by atoms with Gasteiger partial charge in [0.15, 0.2) is 5.78 Å². The van der Waals surface area contributed by atoms with E-state index < -0.39 is 0 Å². The summed E-state index contributed by atoms with van der Waals surface area (Å²) in [7, 11) is 0. The van der Waals surface area contributed by atoms with Gasteiger partial charge in [0.25, 0.3) is 0 Å². The molecule has 0 N–H and O–H groups in total. The third-order valence-corrected chi connectivity index (χ3v) is 3.20. The van der Waals surface area contributed by atoms with E-state index in [9.17, 15) is 9.59 Å². The highest BCUT2D eigenvalue weighted by Crippen LogP contribution is 2.31. The molecule has 0 radical (unpaired) electrons. The Hall–Kier alpha value is -1.44. The zero-order valence-electron chi connectivity index (χ0n) is 9.75. The molecule has 84 valence electrons. The number of carbonyl (C=O) groups excluding carboxylic acids is 2. The molecule has 0 saturated heterocycles. The van der Waals surface area contributed by atoms with Crippen LogP contribution in [0.5, 0.6) is 0 Å². The molecule has 1 aromatic carbocycles. The van der Waals surface area contributed by atoms with Gasteiger partial charge in [-0.25, -0.2) is 0 Å².